The molecule has 0 saturated heterocycles. The first-order valence-corrected chi connectivity index (χ1v) is 7.47. The summed E-state index contributed by atoms with van der Waals surface area (Å²) < 4.78 is 6.06. The molecule has 0 radical (unpaired) electrons. The van der Waals surface area contributed by atoms with Gasteiger partial charge in [0.15, 0.2) is 0 Å². The van der Waals surface area contributed by atoms with Crippen LogP contribution in [0.3, 0.4) is 0 Å². The van der Waals surface area contributed by atoms with Crippen LogP contribution in [0.4, 0.5) is 0 Å². The molecule has 0 saturated carbocycles. The molecule has 0 aliphatic rings. The number of aromatic nitrogens is 1. The number of furan rings is 1. The molecule has 0 atom stereocenters. The number of hydrogen-bond donors (Lipinski definition) is 0. The first kappa shape index (κ1) is 12.0. The second-order valence-corrected chi connectivity index (χ2v) is 5.87. The van der Waals surface area contributed by atoms with Gasteiger partial charge in [0.05, 0.1) is 0 Å². The molecule has 0 N–H and O–H groups in total. The second kappa shape index (κ2) is 4.21. The highest BCUT2D eigenvalue weighted by Crippen LogP contribution is 2.37. The average Bonchev–Trinajstić information content (AvgIpc) is 2.93. The van der Waals surface area contributed by atoms with Gasteiger partial charge < -0.3 is 4.42 Å². The molecule has 2 aromatic heterocycles. The standard InChI is InChI=1S/C19H10ClNO/c20-13-7-5-11-3-4-12-6-8-14-15-2-1-9-21-19(15)22-18(14)17(12)16(11)10-13/h1-10H. The van der Waals surface area contributed by atoms with Gasteiger partial charge in [-0.25, -0.2) is 4.98 Å². The lowest BCUT2D eigenvalue weighted by Gasteiger charge is -2.05. The van der Waals surface area contributed by atoms with Crippen molar-refractivity contribution in [2.24, 2.45) is 0 Å². The van der Waals surface area contributed by atoms with Crippen molar-refractivity contribution >= 4 is 55.2 Å². The molecule has 0 aliphatic heterocycles. The molecule has 0 fully saturated rings. The Hall–Kier alpha value is -2.58. The molecular formula is C19H10ClNO. The quantitative estimate of drug-likeness (QED) is 0.331. The maximum atomic E-state index is 6.21. The van der Waals surface area contributed by atoms with E-state index < -0.39 is 0 Å². The molecule has 3 heteroatoms. The van der Waals surface area contributed by atoms with Crippen molar-refractivity contribution in [3.63, 3.8) is 0 Å². The Balaban J connectivity index is 2.12. The first-order chi connectivity index (χ1) is 10.8. The summed E-state index contributed by atoms with van der Waals surface area (Å²) in [7, 11) is 0. The third kappa shape index (κ3) is 1.53. The summed E-state index contributed by atoms with van der Waals surface area (Å²) >= 11 is 6.21. The van der Waals surface area contributed by atoms with Crippen LogP contribution in [-0.4, -0.2) is 4.98 Å². The summed E-state index contributed by atoms with van der Waals surface area (Å²) in [4.78, 5) is 4.33. The van der Waals surface area contributed by atoms with Crippen LogP contribution in [0, 0.1) is 0 Å². The average molecular weight is 304 g/mol. The zero-order valence-corrected chi connectivity index (χ0v) is 12.3. The lowest BCUT2D eigenvalue weighted by molar-refractivity contribution is 0.658. The number of benzene rings is 3. The van der Waals surface area contributed by atoms with Crippen LogP contribution >= 0.6 is 11.6 Å². The number of halogens is 1. The van der Waals surface area contributed by atoms with Crippen LogP contribution in [0.25, 0.3) is 43.6 Å². The number of pyridine rings is 1. The summed E-state index contributed by atoms with van der Waals surface area (Å²) in [6.45, 7) is 0. The molecule has 0 bridgehead atoms. The van der Waals surface area contributed by atoms with Gasteiger partial charge in [0.1, 0.15) is 5.58 Å². The fraction of sp³-hybridized carbons (Fsp3) is 0. The van der Waals surface area contributed by atoms with Gasteiger partial charge in [-0.05, 0) is 46.5 Å². The van der Waals surface area contributed by atoms with Crippen LogP contribution < -0.4 is 0 Å². The largest absolute Gasteiger partial charge is 0.437 e. The predicted octanol–water partition coefficient (Wildman–Crippen LogP) is 5.94. The smallest absolute Gasteiger partial charge is 0.227 e. The van der Waals surface area contributed by atoms with Crippen molar-refractivity contribution in [3.8, 4) is 0 Å². The van der Waals surface area contributed by atoms with E-state index in [0.717, 1.165) is 42.9 Å². The zero-order valence-electron chi connectivity index (χ0n) is 11.5. The second-order valence-electron chi connectivity index (χ2n) is 5.43. The highest BCUT2D eigenvalue weighted by atomic mass is 35.5. The van der Waals surface area contributed by atoms with E-state index in [0.29, 0.717) is 5.71 Å². The Labute approximate surface area is 130 Å². The van der Waals surface area contributed by atoms with Crippen molar-refractivity contribution in [1.82, 2.24) is 4.98 Å². The fourth-order valence-electron chi connectivity index (χ4n) is 3.18. The van der Waals surface area contributed by atoms with Gasteiger partial charge in [0.25, 0.3) is 0 Å². The van der Waals surface area contributed by atoms with Crippen molar-refractivity contribution in [1.29, 1.82) is 0 Å². The molecule has 5 rings (SSSR count). The van der Waals surface area contributed by atoms with E-state index in [1.807, 2.05) is 30.3 Å². The Morgan fingerprint density at radius 2 is 1.64 bits per heavy atom. The molecule has 0 unspecified atom stereocenters. The van der Waals surface area contributed by atoms with E-state index in [1.165, 1.54) is 0 Å². The molecule has 0 aliphatic carbocycles. The van der Waals surface area contributed by atoms with E-state index in [-0.39, 0.29) is 0 Å². The zero-order chi connectivity index (χ0) is 14.7. The Morgan fingerprint density at radius 1 is 0.818 bits per heavy atom. The van der Waals surface area contributed by atoms with Crippen LogP contribution in [0.5, 0.6) is 0 Å². The topological polar surface area (TPSA) is 26.0 Å². The highest BCUT2D eigenvalue weighted by Gasteiger charge is 2.12. The summed E-state index contributed by atoms with van der Waals surface area (Å²) in [5, 5.41) is 7.34. The number of rotatable bonds is 0. The van der Waals surface area contributed by atoms with Gasteiger partial charge >= 0.3 is 0 Å². The Bertz CT molecular complexity index is 1190. The first-order valence-electron chi connectivity index (χ1n) is 7.09. The maximum Gasteiger partial charge on any atom is 0.227 e. The number of fused-ring (bicyclic) bond motifs is 7. The van der Waals surface area contributed by atoms with E-state index in [1.54, 1.807) is 6.20 Å². The molecule has 2 heterocycles. The van der Waals surface area contributed by atoms with Gasteiger partial charge in [-0.1, -0.05) is 35.9 Å². The molecule has 5 aromatic rings. The van der Waals surface area contributed by atoms with Crippen molar-refractivity contribution in [3.05, 3.63) is 65.8 Å². The normalized spacial score (nSPS) is 11.9. The lowest BCUT2D eigenvalue weighted by atomic mass is 10.00. The maximum absolute atomic E-state index is 6.21. The minimum absolute atomic E-state index is 0.670. The van der Waals surface area contributed by atoms with Crippen molar-refractivity contribution < 1.29 is 4.42 Å². The van der Waals surface area contributed by atoms with E-state index in [9.17, 15) is 0 Å². The van der Waals surface area contributed by atoms with E-state index >= 15 is 0 Å². The van der Waals surface area contributed by atoms with E-state index in [2.05, 4.69) is 29.2 Å². The minimum atomic E-state index is 0.670. The minimum Gasteiger partial charge on any atom is -0.437 e. The van der Waals surface area contributed by atoms with Crippen molar-refractivity contribution in [2.45, 2.75) is 0 Å². The van der Waals surface area contributed by atoms with Gasteiger partial charge in [-0.15, -0.1) is 0 Å². The third-order valence-electron chi connectivity index (χ3n) is 4.18. The molecule has 3 aromatic carbocycles. The van der Waals surface area contributed by atoms with Gasteiger partial charge in [-0.2, -0.15) is 0 Å². The summed E-state index contributed by atoms with van der Waals surface area (Å²) in [6.07, 6.45) is 1.75. The highest BCUT2D eigenvalue weighted by molar-refractivity contribution is 6.32. The molecule has 104 valence electrons. The van der Waals surface area contributed by atoms with Gasteiger partial charge in [0, 0.05) is 27.4 Å². The summed E-state index contributed by atoms with van der Waals surface area (Å²) in [5.41, 5.74) is 1.54. The van der Waals surface area contributed by atoms with Crippen molar-refractivity contribution in [2.75, 3.05) is 0 Å². The summed E-state index contributed by atoms with van der Waals surface area (Å²) in [6, 6.07) is 18.4. The molecule has 2 nitrogen and oxygen atoms in total. The summed E-state index contributed by atoms with van der Waals surface area (Å²) in [5.74, 6) is 0. The number of nitrogens with zero attached hydrogens (tertiary/aromatic N) is 1. The van der Waals surface area contributed by atoms with Crippen LogP contribution in [0.2, 0.25) is 5.02 Å². The third-order valence-corrected chi connectivity index (χ3v) is 4.41. The van der Waals surface area contributed by atoms with Crippen LogP contribution in [0.1, 0.15) is 0 Å². The van der Waals surface area contributed by atoms with Gasteiger partial charge in [-0.3, -0.25) is 0 Å². The predicted molar refractivity (Wildman–Crippen MR) is 91.5 cm³/mol. The monoisotopic (exact) mass is 303 g/mol. The lowest BCUT2D eigenvalue weighted by Crippen LogP contribution is -1.79. The molecule has 0 spiro atoms. The number of hydrogen-bond acceptors (Lipinski definition) is 2. The van der Waals surface area contributed by atoms with Crippen LogP contribution in [-0.2, 0) is 0 Å². The fourth-order valence-corrected chi connectivity index (χ4v) is 3.35. The molecule has 0 amide bonds. The SMILES string of the molecule is Clc1ccc2ccc3ccc4c5cccnc5oc4c3c2c1. The Kier molecular flexibility index (Phi) is 2.30. The molecular weight excluding hydrogens is 294 g/mol. The van der Waals surface area contributed by atoms with Crippen LogP contribution in [0.15, 0.2) is 65.2 Å². The van der Waals surface area contributed by atoms with E-state index in [4.69, 9.17) is 16.0 Å². The molecule has 22 heavy (non-hydrogen) atoms. The Morgan fingerprint density at radius 3 is 2.59 bits per heavy atom. The van der Waals surface area contributed by atoms with Gasteiger partial charge in [0.2, 0.25) is 5.71 Å².